The molecule has 0 radical (unpaired) electrons. The molecule has 90 valence electrons. The Kier molecular flexibility index (Phi) is 5.02. The maximum Gasteiger partial charge on any atom is 0.216 e. The summed E-state index contributed by atoms with van der Waals surface area (Å²) in [6.07, 6.45) is 5.68. The van der Waals surface area contributed by atoms with Gasteiger partial charge in [-0.05, 0) is 25.8 Å². The molecule has 0 amide bonds. The highest BCUT2D eigenvalue weighted by atomic mass is 32.2. The lowest BCUT2D eigenvalue weighted by atomic mass is 10.0. The Balaban J connectivity index is 2.55. The van der Waals surface area contributed by atoms with Gasteiger partial charge in [0.1, 0.15) is 0 Å². The van der Waals surface area contributed by atoms with E-state index in [9.17, 15) is 8.42 Å². The third kappa shape index (κ3) is 3.43. The highest BCUT2D eigenvalue weighted by Crippen LogP contribution is 2.25. The van der Waals surface area contributed by atoms with E-state index in [0.29, 0.717) is 13.1 Å². The topological polar surface area (TPSA) is 63.4 Å². The van der Waals surface area contributed by atoms with Gasteiger partial charge in [0, 0.05) is 13.6 Å². The maximum absolute atomic E-state index is 12.1. The van der Waals surface area contributed by atoms with Crippen molar-refractivity contribution in [2.24, 2.45) is 5.73 Å². The van der Waals surface area contributed by atoms with Gasteiger partial charge < -0.3 is 5.73 Å². The standard InChI is InChI=1S/C10H22N2O2S/c1-12(9-5-8-11)15(13,14)10-6-3-2-4-7-10/h10H,2-9,11H2,1H3. The number of hydrogen-bond donors (Lipinski definition) is 1. The lowest BCUT2D eigenvalue weighted by Crippen LogP contribution is -2.38. The van der Waals surface area contributed by atoms with E-state index in [-0.39, 0.29) is 5.25 Å². The molecule has 0 aliphatic heterocycles. The van der Waals surface area contributed by atoms with Crippen LogP contribution >= 0.6 is 0 Å². The van der Waals surface area contributed by atoms with Gasteiger partial charge in [-0.3, -0.25) is 0 Å². The molecule has 0 spiro atoms. The Labute approximate surface area is 92.9 Å². The molecule has 5 heteroatoms. The summed E-state index contributed by atoms with van der Waals surface area (Å²) in [5, 5.41) is -0.144. The van der Waals surface area contributed by atoms with E-state index in [1.165, 1.54) is 10.7 Å². The molecule has 0 bridgehead atoms. The largest absolute Gasteiger partial charge is 0.330 e. The first-order chi connectivity index (χ1) is 7.09. The van der Waals surface area contributed by atoms with Crippen molar-refractivity contribution in [1.29, 1.82) is 0 Å². The van der Waals surface area contributed by atoms with Gasteiger partial charge in [-0.25, -0.2) is 12.7 Å². The van der Waals surface area contributed by atoms with Crippen LogP contribution in [0.25, 0.3) is 0 Å². The van der Waals surface area contributed by atoms with Gasteiger partial charge in [-0.2, -0.15) is 0 Å². The summed E-state index contributed by atoms with van der Waals surface area (Å²) in [5.74, 6) is 0. The molecule has 15 heavy (non-hydrogen) atoms. The molecule has 0 aromatic carbocycles. The summed E-state index contributed by atoms with van der Waals surface area (Å²) in [6, 6.07) is 0. The molecule has 1 aliphatic carbocycles. The minimum atomic E-state index is -3.06. The summed E-state index contributed by atoms with van der Waals surface area (Å²) in [7, 11) is -1.39. The summed E-state index contributed by atoms with van der Waals surface area (Å²) < 4.78 is 25.6. The Morgan fingerprint density at radius 2 is 1.87 bits per heavy atom. The Morgan fingerprint density at radius 3 is 2.40 bits per heavy atom. The van der Waals surface area contributed by atoms with Crippen molar-refractivity contribution in [3.8, 4) is 0 Å². The second kappa shape index (κ2) is 5.82. The van der Waals surface area contributed by atoms with Crippen molar-refractivity contribution in [2.45, 2.75) is 43.8 Å². The zero-order valence-electron chi connectivity index (χ0n) is 9.48. The van der Waals surface area contributed by atoms with E-state index in [1.807, 2.05) is 0 Å². The van der Waals surface area contributed by atoms with Crippen molar-refractivity contribution in [2.75, 3.05) is 20.1 Å². The SMILES string of the molecule is CN(CCCN)S(=O)(=O)C1CCCCC1. The van der Waals surface area contributed by atoms with Gasteiger partial charge in [-0.15, -0.1) is 0 Å². The first-order valence-electron chi connectivity index (χ1n) is 5.74. The van der Waals surface area contributed by atoms with Crippen molar-refractivity contribution in [3.63, 3.8) is 0 Å². The van der Waals surface area contributed by atoms with Gasteiger partial charge in [0.15, 0.2) is 0 Å². The first-order valence-corrected chi connectivity index (χ1v) is 7.24. The lowest BCUT2D eigenvalue weighted by molar-refractivity contribution is 0.422. The second-order valence-electron chi connectivity index (χ2n) is 4.27. The Bertz CT molecular complexity index is 271. The van der Waals surface area contributed by atoms with Crippen molar-refractivity contribution in [1.82, 2.24) is 4.31 Å². The van der Waals surface area contributed by atoms with Crippen LogP contribution in [0.15, 0.2) is 0 Å². The van der Waals surface area contributed by atoms with E-state index in [2.05, 4.69) is 0 Å². The maximum atomic E-state index is 12.1. The molecule has 0 unspecified atom stereocenters. The molecule has 2 N–H and O–H groups in total. The molecular weight excluding hydrogens is 212 g/mol. The quantitative estimate of drug-likeness (QED) is 0.769. The predicted molar refractivity (Wildman–Crippen MR) is 62.1 cm³/mol. The molecule has 0 aromatic heterocycles. The number of rotatable bonds is 5. The van der Waals surface area contributed by atoms with Gasteiger partial charge in [0.05, 0.1) is 5.25 Å². The highest BCUT2D eigenvalue weighted by molar-refractivity contribution is 7.89. The number of sulfonamides is 1. The molecule has 4 nitrogen and oxygen atoms in total. The van der Waals surface area contributed by atoms with E-state index >= 15 is 0 Å². The van der Waals surface area contributed by atoms with Crippen LogP contribution in [0.1, 0.15) is 38.5 Å². The first kappa shape index (κ1) is 12.9. The summed E-state index contributed by atoms with van der Waals surface area (Å²) in [5.41, 5.74) is 5.38. The van der Waals surface area contributed by atoms with Crippen LogP contribution in [0.5, 0.6) is 0 Å². The average molecular weight is 234 g/mol. The van der Waals surface area contributed by atoms with Crippen LogP contribution in [0.2, 0.25) is 0 Å². The molecule has 0 saturated heterocycles. The minimum absolute atomic E-state index is 0.144. The van der Waals surface area contributed by atoms with Gasteiger partial charge >= 0.3 is 0 Å². The normalized spacial score (nSPS) is 19.7. The fourth-order valence-electron chi connectivity index (χ4n) is 2.06. The number of nitrogens with two attached hydrogens (primary N) is 1. The van der Waals surface area contributed by atoms with Crippen LogP contribution < -0.4 is 5.73 Å². The molecule has 0 atom stereocenters. The number of nitrogens with zero attached hydrogens (tertiary/aromatic N) is 1. The third-order valence-electron chi connectivity index (χ3n) is 3.08. The van der Waals surface area contributed by atoms with Crippen LogP contribution in [-0.4, -0.2) is 38.1 Å². The van der Waals surface area contributed by atoms with Crippen molar-refractivity contribution >= 4 is 10.0 Å². The van der Waals surface area contributed by atoms with E-state index in [4.69, 9.17) is 5.73 Å². The predicted octanol–water partition coefficient (Wildman–Crippen LogP) is 0.929. The molecule has 1 rings (SSSR count). The summed E-state index contributed by atoms with van der Waals surface area (Å²) in [6.45, 7) is 1.10. The minimum Gasteiger partial charge on any atom is -0.330 e. The zero-order chi connectivity index (χ0) is 11.3. The lowest BCUT2D eigenvalue weighted by Gasteiger charge is -2.26. The van der Waals surface area contributed by atoms with Gasteiger partial charge in [0.2, 0.25) is 10.0 Å². The van der Waals surface area contributed by atoms with E-state index < -0.39 is 10.0 Å². The van der Waals surface area contributed by atoms with Crippen LogP contribution in [0.4, 0.5) is 0 Å². The Hall–Kier alpha value is -0.130. The molecule has 1 fully saturated rings. The fraction of sp³-hybridized carbons (Fsp3) is 1.00. The smallest absolute Gasteiger partial charge is 0.216 e. The van der Waals surface area contributed by atoms with E-state index in [1.54, 1.807) is 7.05 Å². The summed E-state index contributed by atoms with van der Waals surface area (Å²) >= 11 is 0. The third-order valence-corrected chi connectivity index (χ3v) is 5.45. The van der Waals surface area contributed by atoms with Crippen molar-refractivity contribution in [3.05, 3.63) is 0 Å². The summed E-state index contributed by atoms with van der Waals surface area (Å²) in [4.78, 5) is 0. The zero-order valence-corrected chi connectivity index (χ0v) is 10.3. The molecule has 0 aromatic rings. The molecule has 1 aliphatic rings. The monoisotopic (exact) mass is 234 g/mol. The van der Waals surface area contributed by atoms with Gasteiger partial charge in [-0.1, -0.05) is 19.3 Å². The van der Waals surface area contributed by atoms with Gasteiger partial charge in [0.25, 0.3) is 0 Å². The molecule has 0 heterocycles. The Morgan fingerprint density at radius 1 is 1.27 bits per heavy atom. The molecule has 1 saturated carbocycles. The van der Waals surface area contributed by atoms with Crippen LogP contribution in [0.3, 0.4) is 0 Å². The van der Waals surface area contributed by atoms with Crippen LogP contribution in [-0.2, 0) is 10.0 Å². The van der Waals surface area contributed by atoms with E-state index in [0.717, 1.165) is 32.1 Å². The number of hydrogen-bond acceptors (Lipinski definition) is 3. The fourth-order valence-corrected chi connectivity index (χ4v) is 3.88. The van der Waals surface area contributed by atoms with Crippen LogP contribution in [0, 0.1) is 0 Å². The average Bonchev–Trinajstić information content (AvgIpc) is 2.27. The van der Waals surface area contributed by atoms with Crippen molar-refractivity contribution < 1.29 is 8.42 Å². The second-order valence-corrected chi connectivity index (χ2v) is 6.59. The molecular formula is C10H22N2O2S. The highest BCUT2D eigenvalue weighted by Gasteiger charge is 2.30.